The predicted molar refractivity (Wildman–Crippen MR) is 72.9 cm³/mol. The van der Waals surface area contributed by atoms with Crippen LogP contribution in [0.3, 0.4) is 0 Å². The van der Waals surface area contributed by atoms with Crippen molar-refractivity contribution in [2.24, 2.45) is 0 Å². The minimum absolute atomic E-state index is 0.0922. The molecule has 0 radical (unpaired) electrons. The van der Waals surface area contributed by atoms with Gasteiger partial charge in [0.05, 0.1) is 19.3 Å². The molecule has 18 heavy (non-hydrogen) atoms. The molecule has 1 unspecified atom stereocenters. The zero-order valence-corrected chi connectivity index (χ0v) is 11.5. The van der Waals surface area contributed by atoms with E-state index in [-0.39, 0.29) is 6.10 Å². The Morgan fingerprint density at radius 3 is 2.94 bits per heavy atom. The van der Waals surface area contributed by atoms with Crippen LogP contribution in [-0.2, 0) is 16.1 Å². The van der Waals surface area contributed by atoms with Gasteiger partial charge in [-0.2, -0.15) is 0 Å². The van der Waals surface area contributed by atoms with Gasteiger partial charge in [0.1, 0.15) is 0 Å². The summed E-state index contributed by atoms with van der Waals surface area (Å²) in [6.07, 6.45) is 2.66. The molecule has 1 N–H and O–H groups in total. The quantitative estimate of drug-likeness (QED) is 0.787. The minimum atomic E-state index is 0.0922. The largest absolute Gasteiger partial charge is 0.382 e. The Morgan fingerprint density at radius 1 is 1.44 bits per heavy atom. The SMILES string of the molecule is COCC(CNC1CC1)OCc1cccc(Cl)c1. The molecule has 2 rings (SSSR count). The van der Waals surface area contributed by atoms with Gasteiger partial charge in [-0.25, -0.2) is 0 Å². The van der Waals surface area contributed by atoms with E-state index in [0.29, 0.717) is 19.3 Å². The fourth-order valence-corrected chi connectivity index (χ4v) is 1.99. The van der Waals surface area contributed by atoms with Gasteiger partial charge in [-0.15, -0.1) is 0 Å². The number of nitrogens with one attached hydrogen (secondary N) is 1. The second-order valence-electron chi connectivity index (χ2n) is 4.70. The van der Waals surface area contributed by atoms with E-state index in [0.717, 1.165) is 17.1 Å². The minimum Gasteiger partial charge on any atom is -0.382 e. The van der Waals surface area contributed by atoms with Gasteiger partial charge in [0.15, 0.2) is 0 Å². The maximum atomic E-state index is 5.94. The number of hydrogen-bond donors (Lipinski definition) is 1. The first-order chi connectivity index (χ1) is 8.78. The van der Waals surface area contributed by atoms with Crippen LogP contribution < -0.4 is 5.32 Å². The molecule has 0 bridgehead atoms. The molecular weight excluding hydrogens is 250 g/mol. The average Bonchev–Trinajstić information content (AvgIpc) is 3.17. The smallest absolute Gasteiger partial charge is 0.0936 e. The molecule has 1 fully saturated rings. The van der Waals surface area contributed by atoms with E-state index in [1.165, 1.54) is 12.8 Å². The topological polar surface area (TPSA) is 30.5 Å². The second-order valence-corrected chi connectivity index (χ2v) is 5.14. The predicted octanol–water partition coefficient (Wildman–Crippen LogP) is 2.62. The Labute approximate surface area is 113 Å². The summed E-state index contributed by atoms with van der Waals surface area (Å²) >= 11 is 5.94. The third-order valence-corrected chi connectivity index (χ3v) is 3.17. The van der Waals surface area contributed by atoms with Crippen molar-refractivity contribution in [3.8, 4) is 0 Å². The van der Waals surface area contributed by atoms with Crippen molar-refractivity contribution in [3.63, 3.8) is 0 Å². The first-order valence-electron chi connectivity index (χ1n) is 6.36. The number of hydrogen-bond acceptors (Lipinski definition) is 3. The molecule has 1 aromatic carbocycles. The van der Waals surface area contributed by atoms with Crippen LogP contribution in [0.5, 0.6) is 0 Å². The molecular formula is C14H20ClNO2. The summed E-state index contributed by atoms with van der Waals surface area (Å²) in [5.41, 5.74) is 1.09. The molecule has 0 amide bonds. The molecule has 1 saturated carbocycles. The van der Waals surface area contributed by atoms with Gasteiger partial charge < -0.3 is 14.8 Å². The molecule has 3 nitrogen and oxygen atoms in total. The Morgan fingerprint density at radius 2 is 2.28 bits per heavy atom. The zero-order valence-electron chi connectivity index (χ0n) is 10.7. The summed E-state index contributed by atoms with van der Waals surface area (Å²) in [6, 6.07) is 8.45. The molecule has 0 saturated heterocycles. The van der Waals surface area contributed by atoms with E-state index >= 15 is 0 Å². The van der Waals surface area contributed by atoms with Crippen molar-refractivity contribution in [2.45, 2.75) is 31.6 Å². The normalized spacial score (nSPS) is 16.8. The lowest BCUT2D eigenvalue weighted by molar-refractivity contribution is -0.0103. The van der Waals surface area contributed by atoms with Crippen molar-refractivity contribution in [3.05, 3.63) is 34.9 Å². The molecule has 0 spiro atoms. The Kier molecular flexibility index (Phi) is 5.45. The van der Waals surface area contributed by atoms with Crippen LogP contribution in [0.1, 0.15) is 18.4 Å². The summed E-state index contributed by atoms with van der Waals surface area (Å²) in [5, 5.41) is 4.20. The number of rotatable bonds is 8. The third kappa shape index (κ3) is 4.94. The molecule has 0 aliphatic heterocycles. The highest BCUT2D eigenvalue weighted by Gasteiger charge is 2.22. The van der Waals surface area contributed by atoms with E-state index in [2.05, 4.69) is 5.32 Å². The maximum Gasteiger partial charge on any atom is 0.0936 e. The van der Waals surface area contributed by atoms with Crippen LogP contribution in [0, 0.1) is 0 Å². The van der Waals surface area contributed by atoms with Gasteiger partial charge in [0.2, 0.25) is 0 Å². The van der Waals surface area contributed by atoms with Gasteiger partial charge in [-0.1, -0.05) is 23.7 Å². The zero-order chi connectivity index (χ0) is 12.8. The molecule has 1 aromatic rings. The van der Waals surface area contributed by atoms with Gasteiger partial charge in [-0.3, -0.25) is 0 Å². The summed E-state index contributed by atoms with van der Waals surface area (Å²) in [5.74, 6) is 0. The fraction of sp³-hybridized carbons (Fsp3) is 0.571. The van der Waals surface area contributed by atoms with Crippen LogP contribution in [0.2, 0.25) is 5.02 Å². The molecule has 100 valence electrons. The van der Waals surface area contributed by atoms with E-state index in [9.17, 15) is 0 Å². The lowest BCUT2D eigenvalue weighted by Gasteiger charge is -2.17. The Balaban J connectivity index is 1.76. The van der Waals surface area contributed by atoms with Crippen LogP contribution in [0.15, 0.2) is 24.3 Å². The van der Waals surface area contributed by atoms with Crippen molar-refractivity contribution in [1.29, 1.82) is 0 Å². The second kappa shape index (κ2) is 7.10. The lowest BCUT2D eigenvalue weighted by atomic mass is 10.2. The highest BCUT2D eigenvalue weighted by Crippen LogP contribution is 2.18. The third-order valence-electron chi connectivity index (χ3n) is 2.94. The average molecular weight is 270 g/mol. The van der Waals surface area contributed by atoms with Crippen molar-refractivity contribution in [1.82, 2.24) is 5.32 Å². The molecule has 0 aromatic heterocycles. The van der Waals surface area contributed by atoms with E-state index in [4.69, 9.17) is 21.1 Å². The number of ether oxygens (including phenoxy) is 2. The fourth-order valence-electron chi connectivity index (χ4n) is 1.78. The van der Waals surface area contributed by atoms with Gasteiger partial charge in [0.25, 0.3) is 0 Å². The van der Waals surface area contributed by atoms with Gasteiger partial charge in [-0.05, 0) is 30.5 Å². The van der Waals surface area contributed by atoms with Gasteiger partial charge in [0, 0.05) is 24.7 Å². The number of benzene rings is 1. The van der Waals surface area contributed by atoms with Crippen LogP contribution in [0.4, 0.5) is 0 Å². The first kappa shape index (κ1) is 13.8. The Hall–Kier alpha value is -0.610. The van der Waals surface area contributed by atoms with Crippen LogP contribution in [-0.4, -0.2) is 32.4 Å². The highest BCUT2D eigenvalue weighted by atomic mass is 35.5. The van der Waals surface area contributed by atoms with E-state index in [1.54, 1.807) is 7.11 Å². The number of halogens is 1. The maximum absolute atomic E-state index is 5.94. The van der Waals surface area contributed by atoms with Crippen molar-refractivity contribution < 1.29 is 9.47 Å². The molecule has 1 aliphatic rings. The van der Waals surface area contributed by atoms with Gasteiger partial charge >= 0.3 is 0 Å². The summed E-state index contributed by atoms with van der Waals surface area (Å²) in [4.78, 5) is 0. The summed E-state index contributed by atoms with van der Waals surface area (Å²) in [6.45, 7) is 2.03. The van der Waals surface area contributed by atoms with Crippen LogP contribution >= 0.6 is 11.6 Å². The van der Waals surface area contributed by atoms with E-state index < -0.39 is 0 Å². The molecule has 1 aliphatic carbocycles. The number of methoxy groups -OCH3 is 1. The van der Waals surface area contributed by atoms with Crippen LogP contribution in [0.25, 0.3) is 0 Å². The monoisotopic (exact) mass is 269 g/mol. The highest BCUT2D eigenvalue weighted by molar-refractivity contribution is 6.30. The molecule has 0 heterocycles. The standard InChI is InChI=1S/C14H20ClNO2/c1-17-10-14(8-16-13-5-6-13)18-9-11-3-2-4-12(15)7-11/h2-4,7,13-14,16H,5-6,8-10H2,1H3. The lowest BCUT2D eigenvalue weighted by Crippen LogP contribution is -2.33. The molecule has 4 heteroatoms. The first-order valence-corrected chi connectivity index (χ1v) is 6.74. The van der Waals surface area contributed by atoms with Crippen molar-refractivity contribution >= 4 is 11.6 Å². The van der Waals surface area contributed by atoms with Crippen molar-refractivity contribution in [2.75, 3.05) is 20.3 Å². The summed E-state index contributed by atoms with van der Waals surface area (Å²) in [7, 11) is 1.70. The molecule has 1 atom stereocenters. The Bertz CT molecular complexity index is 369. The van der Waals surface area contributed by atoms with E-state index in [1.807, 2.05) is 24.3 Å². The summed E-state index contributed by atoms with van der Waals surface area (Å²) < 4.78 is 11.0.